The number of halogens is 1. The van der Waals surface area contributed by atoms with Crippen molar-refractivity contribution in [2.24, 2.45) is 4.99 Å². The predicted octanol–water partition coefficient (Wildman–Crippen LogP) is 4.23. The number of benzene rings is 1. The van der Waals surface area contributed by atoms with Crippen molar-refractivity contribution in [2.75, 3.05) is 31.1 Å². The van der Waals surface area contributed by atoms with Gasteiger partial charge < -0.3 is 24.7 Å². The van der Waals surface area contributed by atoms with Crippen LogP contribution in [-0.2, 0) is 17.8 Å². The summed E-state index contributed by atoms with van der Waals surface area (Å²) in [6.07, 6.45) is 2.15. The first kappa shape index (κ1) is 24.3. The number of pyridine rings is 1. The van der Waals surface area contributed by atoms with Crippen molar-refractivity contribution in [3.8, 4) is 0 Å². The molecule has 172 valence electrons. The number of aliphatic imine (C=N–C) groups is 1. The highest BCUT2D eigenvalue weighted by Gasteiger charge is 2.17. The fraction of sp³-hybridized carbons (Fsp3) is 0.417. The predicted molar refractivity (Wildman–Crippen MR) is 140 cm³/mol. The van der Waals surface area contributed by atoms with Crippen molar-refractivity contribution >= 4 is 46.7 Å². The Morgan fingerprint density at radius 1 is 1.22 bits per heavy atom. The maximum absolute atomic E-state index is 6.00. The highest BCUT2D eigenvalue weighted by atomic mass is 127. The molecule has 0 amide bonds. The fourth-order valence-electron chi connectivity index (χ4n) is 3.79. The molecule has 1 aliphatic heterocycles. The number of hydrogen-bond donors (Lipinski definition) is 2. The number of aryl methyl sites for hydroxylation is 1. The highest BCUT2D eigenvalue weighted by molar-refractivity contribution is 14.0. The topological polar surface area (TPSA) is 74.9 Å². The van der Waals surface area contributed by atoms with Crippen LogP contribution in [-0.4, -0.2) is 43.3 Å². The molecule has 0 bridgehead atoms. The van der Waals surface area contributed by atoms with Crippen molar-refractivity contribution < 1.29 is 9.15 Å². The summed E-state index contributed by atoms with van der Waals surface area (Å²) < 4.78 is 11.6. The van der Waals surface area contributed by atoms with Crippen LogP contribution in [0.4, 0.5) is 5.82 Å². The van der Waals surface area contributed by atoms with Gasteiger partial charge in [-0.25, -0.2) is 9.98 Å². The quantitative estimate of drug-likeness (QED) is 0.273. The van der Waals surface area contributed by atoms with E-state index in [0.29, 0.717) is 13.1 Å². The van der Waals surface area contributed by atoms with Crippen LogP contribution in [0.1, 0.15) is 30.7 Å². The van der Waals surface area contributed by atoms with Gasteiger partial charge in [0.25, 0.3) is 0 Å². The lowest BCUT2D eigenvalue weighted by atomic mass is 10.1. The van der Waals surface area contributed by atoms with E-state index in [4.69, 9.17) is 14.1 Å². The third-order valence-corrected chi connectivity index (χ3v) is 5.50. The fourth-order valence-corrected chi connectivity index (χ4v) is 3.79. The zero-order valence-electron chi connectivity index (χ0n) is 18.9. The van der Waals surface area contributed by atoms with Gasteiger partial charge in [0.2, 0.25) is 0 Å². The molecule has 32 heavy (non-hydrogen) atoms. The van der Waals surface area contributed by atoms with Gasteiger partial charge in [0, 0.05) is 36.8 Å². The Balaban J connectivity index is 0.00000289. The van der Waals surface area contributed by atoms with Gasteiger partial charge in [0.15, 0.2) is 5.96 Å². The van der Waals surface area contributed by atoms with Crippen LogP contribution in [0.3, 0.4) is 0 Å². The summed E-state index contributed by atoms with van der Waals surface area (Å²) in [5, 5.41) is 7.83. The van der Waals surface area contributed by atoms with E-state index in [1.54, 1.807) is 0 Å². The van der Waals surface area contributed by atoms with E-state index in [0.717, 1.165) is 65.9 Å². The van der Waals surface area contributed by atoms with E-state index in [1.165, 1.54) is 0 Å². The number of furan rings is 1. The number of fused-ring (bicyclic) bond motifs is 1. The summed E-state index contributed by atoms with van der Waals surface area (Å²) in [6, 6.07) is 12.3. The smallest absolute Gasteiger partial charge is 0.191 e. The number of aromatic nitrogens is 1. The Kier molecular flexibility index (Phi) is 8.75. The first-order chi connectivity index (χ1) is 15.1. The minimum atomic E-state index is 0. The summed E-state index contributed by atoms with van der Waals surface area (Å²) in [5.41, 5.74) is 3.15. The van der Waals surface area contributed by atoms with Crippen LogP contribution in [0.15, 0.2) is 52.0 Å². The van der Waals surface area contributed by atoms with Crippen LogP contribution < -0.4 is 15.5 Å². The molecule has 0 aliphatic carbocycles. The number of nitrogens with zero attached hydrogens (tertiary/aromatic N) is 3. The number of rotatable bonds is 6. The average molecular weight is 549 g/mol. The van der Waals surface area contributed by atoms with Crippen molar-refractivity contribution in [1.29, 1.82) is 0 Å². The Labute approximate surface area is 206 Å². The molecule has 1 fully saturated rings. The summed E-state index contributed by atoms with van der Waals surface area (Å²) in [7, 11) is 0. The minimum Gasteiger partial charge on any atom is -0.459 e. The van der Waals surface area contributed by atoms with Crippen LogP contribution in [0, 0.1) is 6.92 Å². The molecule has 1 unspecified atom stereocenters. The maximum Gasteiger partial charge on any atom is 0.191 e. The second kappa shape index (κ2) is 11.5. The lowest BCUT2D eigenvalue weighted by Crippen LogP contribution is -2.41. The van der Waals surface area contributed by atoms with E-state index in [1.807, 2.05) is 24.4 Å². The summed E-state index contributed by atoms with van der Waals surface area (Å²) in [6.45, 7) is 10.7. The molecular weight excluding hydrogens is 517 g/mol. The van der Waals surface area contributed by atoms with Gasteiger partial charge in [-0.15, -0.1) is 24.0 Å². The lowest BCUT2D eigenvalue weighted by molar-refractivity contribution is 0.0529. The molecule has 7 nitrogen and oxygen atoms in total. The third kappa shape index (κ3) is 5.92. The summed E-state index contributed by atoms with van der Waals surface area (Å²) >= 11 is 0. The largest absolute Gasteiger partial charge is 0.459 e. The molecule has 0 radical (unpaired) electrons. The standard InChI is InChI=1S/C24H31N5O2.HI/c1-4-25-24(28-15-22-18(3)20-7-5-6-8-21(20)31-22)27-14-19-9-10-23(26-13-19)29-11-12-30-17(2)16-29;/h5-10,13,17H,4,11-12,14-16H2,1-3H3,(H2,25,27,28);1H. The zero-order chi connectivity index (χ0) is 21.6. The molecule has 2 aromatic heterocycles. The van der Waals surface area contributed by atoms with E-state index in [-0.39, 0.29) is 30.1 Å². The highest BCUT2D eigenvalue weighted by Crippen LogP contribution is 2.24. The van der Waals surface area contributed by atoms with Gasteiger partial charge in [-0.3, -0.25) is 0 Å². The second-order valence-corrected chi connectivity index (χ2v) is 7.85. The second-order valence-electron chi connectivity index (χ2n) is 7.85. The zero-order valence-corrected chi connectivity index (χ0v) is 21.3. The molecule has 1 saturated heterocycles. The Bertz CT molecular complexity index is 1030. The Morgan fingerprint density at radius 2 is 2.06 bits per heavy atom. The molecule has 4 rings (SSSR count). The van der Waals surface area contributed by atoms with E-state index < -0.39 is 0 Å². The molecule has 0 saturated carbocycles. The minimum absolute atomic E-state index is 0. The first-order valence-electron chi connectivity index (χ1n) is 10.9. The maximum atomic E-state index is 6.00. The number of hydrogen-bond acceptors (Lipinski definition) is 5. The van der Waals surface area contributed by atoms with Gasteiger partial charge in [-0.2, -0.15) is 0 Å². The number of guanidine groups is 1. The number of nitrogens with one attached hydrogen (secondary N) is 2. The normalized spacial score (nSPS) is 16.7. The molecule has 8 heteroatoms. The SMILES string of the molecule is CCNC(=NCc1ccc(N2CCOC(C)C2)nc1)NCc1oc2ccccc2c1C.I. The monoisotopic (exact) mass is 549 g/mol. The first-order valence-corrected chi connectivity index (χ1v) is 10.9. The van der Waals surface area contributed by atoms with Crippen LogP contribution >= 0.6 is 24.0 Å². The van der Waals surface area contributed by atoms with E-state index in [9.17, 15) is 0 Å². The van der Waals surface area contributed by atoms with Crippen molar-refractivity contribution in [1.82, 2.24) is 15.6 Å². The number of para-hydroxylation sites is 1. The molecule has 1 atom stereocenters. The van der Waals surface area contributed by atoms with E-state index >= 15 is 0 Å². The van der Waals surface area contributed by atoms with Gasteiger partial charge in [0.1, 0.15) is 17.2 Å². The van der Waals surface area contributed by atoms with Gasteiger partial charge in [-0.1, -0.05) is 24.3 Å². The molecular formula is C24H32IN5O2. The Hall–Kier alpha value is -2.33. The lowest BCUT2D eigenvalue weighted by Gasteiger charge is -2.32. The third-order valence-electron chi connectivity index (χ3n) is 5.50. The Morgan fingerprint density at radius 3 is 2.78 bits per heavy atom. The molecule has 3 aromatic rings. The van der Waals surface area contributed by atoms with Crippen LogP contribution in [0.5, 0.6) is 0 Å². The van der Waals surface area contributed by atoms with Crippen LogP contribution in [0.25, 0.3) is 11.0 Å². The molecule has 3 heterocycles. The van der Waals surface area contributed by atoms with Crippen molar-refractivity contribution in [3.63, 3.8) is 0 Å². The molecule has 1 aliphatic rings. The molecule has 2 N–H and O–H groups in total. The van der Waals surface area contributed by atoms with Crippen molar-refractivity contribution in [2.45, 2.75) is 40.0 Å². The van der Waals surface area contributed by atoms with Gasteiger partial charge in [-0.05, 0) is 38.5 Å². The number of anilines is 1. The molecule has 0 spiro atoms. The van der Waals surface area contributed by atoms with Gasteiger partial charge >= 0.3 is 0 Å². The van der Waals surface area contributed by atoms with Gasteiger partial charge in [0.05, 0.1) is 25.8 Å². The number of ether oxygens (including phenoxy) is 1. The summed E-state index contributed by atoms with van der Waals surface area (Å²) in [4.78, 5) is 11.6. The van der Waals surface area contributed by atoms with E-state index in [2.05, 4.69) is 59.5 Å². The summed E-state index contributed by atoms with van der Waals surface area (Å²) in [5.74, 6) is 2.68. The average Bonchev–Trinajstić information content (AvgIpc) is 3.12. The van der Waals surface area contributed by atoms with Crippen LogP contribution in [0.2, 0.25) is 0 Å². The molecule has 1 aromatic carbocycles. The van der Waals surface area contributed by atoms with Crippen molar-refractivity contribution in [3.05, 3.63) is 59.5 Å². The number of morpholine rings is 1.